The topological polar surface area (TPSA) is 96.4 Å². The molecule has 0 atom stereocenters. The number of aromatic amines is 1. The maximum Gasteiger partial charge on any atom is 0.251 e. The summed E-state index contributed by atoms with van der Waals surface area (Å²) in [6, 6.07) is 12.9. The Bertz CT molecular complexity index is 1500. The molecule has 0 unspecified atom stereocenters. The van der Waals surface area contributed by atoms with E-state index >= 15 is 0 Å². The number of aromatic nitrogens is 4. The van der Waals surface area contributed by atoms with Crippen molar-refractivity contribution >= 4 is 11.2 Å². The molecule has 1 aliphatic heterocycles. The van der Waals surface area contributed by atoms with Gasteiger partial charge in [0.25, 0.3) is 11.0 Å². The number of benzene rings is 1. The lowest BCUT2D eigenvalue weighted by Gasteiger charge is -2.32. The molecule has 0 aliphatic carbocycles. The minimum Gasteiger partial charge on any atom is -0.487 e. The van der Waals surface area contributed by atoms with Crippen LogP contribution in [0.3, 0.4) is 0 Å². The van der Waals surface area contributed by atoms with E-state index < -0.39 is 0 Å². The Hall–Kier alpha value is -3.82. The van der Waals surface area contributed by atoms with Gasteiger partial charge in [0.1, 0.15) is 6.61 Å². The molecule has 0 amide bonds. The zero-order valence-electron chi connectivity index (χ0n) is 21.5. The van der Waals surface area contributed by atoms with Crippen molar-refractivity contribution in [2.24, 2.45) is 0 Å². The summed E-state index contributed by atoms with van der Waals surface area (Å²) >= 11 is 0. The van der Waals surface area contributed by atoms with Crippen LogP contribution in [0, 0.1) is 0 Å². The fourth-order valence-electron chi connectivity index (χ4n) is 4.52. The molecule has 3 aromatic heterocycles. The maximum absolute atomic E-state index is 13.4. The summed E-state index contributed by atoms with van der Waals surface area (Å²) in [7, 11) is 2.12. The van der Waals surface area contributed by atoms with Crippen LogP contribution in [0.15, 0.2) is 64.4 Å². The van der Waals surface area contributed by atoms with Gasteiger partial charge < -0.3 is 19.2 Å². The van der Waals surface area contributed by atoms with Crippen molar-refractivity contribution in [1.82, 2.24) is 29.3 Å². The summed E-state index contributed by atoms with van der Waals surface area (Å²) in [4.78, 5) is 43.1. The summed E-state index contributed by atoms with van der Waals surface area (Å²) in [5.74, 6) is 0.224. The molecule has 5 rings (SSSR count). The number of pyridine rings is 2. The number of ether oxygens (including phenoxy) is 1. The summed E-state index contributed by atoms with van der Waals surface area (Å²) < 4.78 is 7.54. The van der Waals surface area contributed by atoms with Gasteiger partial charge in [0.15, 0.2) is 16.9 Å². The molecule has 4 heterocycles. The Morgan fingerprint density at radius 1 is 0.946 bits per heavy atom. The van der Waals surface area contributed by atoms with Gasteiger partial charge in [-0.25, -0.2) is 9.97 Å². The van der Waals surface area contributed by atoms with Gasteiger partial charge in [-0.3, -0.25) is 14.5 Å². The number of nitrogens with zero attached hydrogens (tertiary/aromatic N) is 5. The predicted molar refractivity (Wildman–Crippen MR) is 145 cm³/mol. The van der Waals surface area contributed by atoms with Crippen LogP contribution in [0.4, 0.5) is 0 Å². The van der Waals surface area contributed by atoms with Crippen LogP contribution in [0.2, 0.25) is 0 Å². The summed E-state index contributed by atoms with van der Waals surface area (Å²) in [5.41, 5.74) is 2.92. The monoisotopic (exact) mass is 500 g/mol. The standard InChI is InChI=1S/C28H32N6O3/c1-19(2)34-18-21(9-10-23(34)35)25-24(20-7-5-4-6-8-20)31-28-26(30-25)27(36)22(17-29-28)37-16-15-33-13-11-32(3)12-14-33/h4-10,17-19H,11-16H2,1-3H3,(H,29,31,36). The van der Waals surface area contributed by atoms with Crippen molar-refractivity contribution in [1.29, 1.82) is 0 Å². The third-order valence-corrected chi connectivity index (χ3v) is 6.75. The Labute approximate surface area is 215 Å². The van der Waals surface area contributed by atoms with E-state index in [-0.39, 0.29) is 28.3 Å². The predicted octanol–water partition coefficient (Wildman–Crippen LogP) is 3.02. The molecule has 192 valence electrons. The molecule has 1 saturated heterocycles. The van der Waals surface area contributed by atoms with E-state index in [2.05, 4.69) is 21.8 Å². The SMILES string of the molecule is CC(C)n1cc(-c2nc3c(=O)c(OCCN4CCN(C)CC4)c[nH]c3nc2-c2ccccc2)ccc1=O. The molecule has 0 radical (unpaired) electrons. The highest BCUT2D eigenvalue weighted by Crippen LogP contribution is 2.30. The lowest BCUT2D eigenvalue weighted by atomic mass is 10.0. The molecule has 1 aromatic carbocycles. The van der Waals surface area contributed by atoms with E-state index in [1.807, 2.05) is 44.2 Å². The van der Waals surface area contributed by atoms with Gasteiger partial charge in [-0.05, 0) is 27.0 Å². The van der Waals surface area contributed by atoms with Crippen molar-refractivity contribution in [2.45, 2.75) is 19.9 Å². The summed E-state index contributed by atoms with van der Waals surface area (Å²) in [6.07, 6.45) is 3.34. The van der Waals surface area contributed by atoms with E-state index in [1.54, 1.807) is 23.0 Å². The van der Waals surface area contributed by atoms with Crippen LogP contribution in [0.25, 0.3) is 33.7 Å². The zero-order chi connectivity index (χ0) is 25.9. The van der Waals surface area contributed by atoms with Crippen molar-refractivity contribution in [3.63, 3.8) is 0 Å². The number of rotatable bonds is 7. The normalized spacial score (nSPS) is 14.9. The number of fused-ring (bicyclic) bond motifs is 1. The van der Waals surface area contributed by atoms with Crippen LogP contribution >= 0.6 is 0 Å². The molecule has 0 bridgehead atoms. The summed E-state index contributed by atoms with van der Waals surface area (Å²) in [6.45, 7) is 9.11. The minimum absolute atomic E-state index is 0.0234. The van der Waals surface area contributed by atoms with Crippen LogP contribution in [-0.4, -0.2) is 75.7 Å². The maximum atomic E-state index is 13.4. The van der Waals surface area contributed by atoms with Gasteiger partial charge in [0.2, 0.25) is 0 Å². The first-order chi connectivity index (χ1) is 17.9. The first-order valence-electron chi connectivity index (χ1n) is 12.7. The molecule has 9 heteroatoms. The van der Waals surface area contributed by atoms with E-state index in [0.717, 1.165) is 38.3 Å². The second-order valence-corrected chi connectivity index (χ2v) is 9.72. The van der Waals surface area contributed by atoms with Crippen molar-refractivity contribution in [2.75, 3.05) is 46.4 Å². The average molecular weight is 501 g/mol. The average Bonchev–Trinajstić information content (AvgIpc) is 2.91. The van der Waals surface area contributed by atoms with Gasteiger partial charge in [0.05, 0.1) is 11.4 Å². The molecular weight excluding hydrogens is 468 g/mol. The molecule has 4 aromatic rings. The number of piperazine rings is 1. The van der Waals surface area contributed by atoms with Crippen molar-refractivity contribution in [3.05, 3.63) is 75.4 Å². The number of nitrogens with one attached hydrogen (secondary N) is 1. The first-order valence-corrected chi connectivity index (χ1v) is 12.7. The number of likely N-dealkylation sites (N-methyl/N-ethyl adjacent to an activating group) is 1. The van der Waals surface area contributed by atoms with Crippen LogP contribution in [-0.2, 0) is 0 Å². The molecule has 9 nitrogen and oxygen atoms in total. The largest absolute Gasteiger partial charge is 0.487 e. The zero-order valence-corrected chi connectivity index (χ0v) is 21.5. The number of hydrogen-bond acceptors (Lipinski definition) is 7. The highest BCUT2D eigenvalue weighted by molar-refractivity contribution is 5.84. The van der Waals surface area contributed by atoms with Gasteiger partial charge in [0, 0.05) is 68.4 Å². The van der Waals surface area contributed by atoms with Gasteiger partial charge in [-0.2, -0.15) is 0 Å². The second-order valence-electron chi connectivity index (χ2n) is 9.72. The highest BCUT2D eigenvalue weighted by atomic mass is 16.5. The molecule has 37 heavy (non-hydrogen) atoms. The fourth-order valence-corrected chi connectivity index (χ4v) is 4.52. The Morgan fingerprint density at radius 3 is 2.41 bits per heavy atom. The van der Waals surface area contributed by atoms with Crippen LogP contribution < -0.4 is 15.7 Å². The number of H-pyrrole nitrogens is 1. The molecule has 0 saturated carbocycles. The van der Waals surface area contributed by atoms with Crippen LogP contribution in [0.5, 0.6) is 5.75 Å². The minimum atomic E-state index is -0.308. The quantitative estimate of drug-likeness (QED) is 0.417. The van der Waals surface area contributed by atoms with Crippen LogP contribution in [0.1, 0.15) is 19.9 Å². The molecule has 0 spiro atoms. The molecular formula is C28H32N6O3. The lowest BCUT2D eigenvalue weighted by Crippen LogP contribution is -2.45. The Balaban J connectivity index is 1.53. The lowest BCUT2D eigenvalue weighted by molar-refractivity contribution is 0.133. The smallest absolute Gasteiger partial charge is 0.251 e. The third kappa shape index (κ3) is 5.33. The van der Waals surface area contributed by atoms with Crippen molar-refractivity contribution < 1.29 is 4.74 Å². The highest BCUT2D eigenvalue weighted by Gasteiger charge is 2.19. The Kier molecular flexibility index (Phi) is 7.16. The van der Waals surface area contributed by atoms with E-state index in [4.69, 9.17) is 14.7 Å². The van der Waals surface area contributed by atoms with Gasteiger partial charge in [-0.1, -0.05) is 30.3 Å². The Morgan fingerprint density at radius 2 is 1.68 bits per heavy atom. The van der Waals surface area contributed by atoms with Gasteiger partial charge in [-0.15, -0.1) is 0 Å². The summed E-state index contributed by atoms with van der Waals surface area (Å²) in [5, 5.41) is 0. The van der Waals surface area contributed by atoms with E-state index in [9.17, 15) is 9.59 Å². The number of hydrogen-bond donors (Lipinski definition) is 1. The second kappa shape index (κ2) is 10.7. The van der Waals surface area contributed by atoms with E-state index in [0.29, 0.717) is 29.2 Å². The molecule has 1 fully saturated rings. The van der Waals surface area contributed by atoms with Crippen molar-refractivity contribution in [3.8, 4) is 28.3 Å². The third-order valence-electron chi connectivity index (χ3n) is 6.75. The van der Waals surface area contributed by atoms with E-state index in [1.165, 1.54) is 6.07 Å². The first kappa shape index (κ1) is 24.9. The van der Waals surface area contributed by atoms with Gasteiger partial charge >= 0.3 is 0 Å². The molecule has 1 aliphatic rings. The fraction of sp³-hybridized carbons (Fsp3) is 0.357. The molecule has 1 N–H and O–H groups in total.